The molecule has 0 saturated heterocycles. The van der Waals surface area contributed by atoms with E-state index in [1.165, 1.54) is 30.2 Å². The molecule has 0 spiro atoms. The SMILES string of the molecule is O=C(CSc1nnc(C2CC2)n1Cc1ccccc1)Nc1ccccc1. The Hall–Kier alpha value is -2.60. The van der Waals surface area contributed by atoms with Gasteiger partial charge in [0.05, 0.1) is 12.3 Å². The van der Waals surface area contributed by atoms with Crippen molar-refractivity contribution in [2.45, 2.75) is 30.5 Å². The maximum atomic E-state index is 12.2. The first-order valence-corrected chi connectivity index (χ1v) is 9.73. The van der Waals surface area contributed by atoms with Crippen LogP contribution < -0.4 is 5.32 Å². The second-order valence-corrected chi connectivity index (χ2v) is 7.33. The summed E-state index contributed by atoms with van der Waals surface area (Å²) in [5, 5.41) is 12.5. The van der Waals surface area contributed by atoms with Gasteiger partial charge in [-0.1, -0.05) is 60.3 Å². The first kappa shape index (κ1) is 16.8. The highest BCUT2D eigenvalue weighted by atomic mass is 32.2. The van der Waals surface area contributed by atoms with Gasteiger partial charge in [-0.15, -0.1) is 10.2 Å². The van der Waals surface area contributed by atoms with Crippen LogP contribution in [0.3, 0.4) is 0 Å². The molecule has 1 N–H and O–H groups in total. The summed E-state index contributed by atoms with van der Waals surface area (Å²) in [4.78, 5) is 12.2. The van der Waals surface area contributed by atoms with E-state index in [1.54, 1.807) is 0 Å². The van der Waals surface area contributed by atoms with Crippen LogP contribution in [0.25, 0.3) is 0 Å². The lowest BCUT2D eigenvalue weighted by Crippen LogP contribution is -2.15. The van der Waals surface area contributed by atoms with Crippen molar-refractivity contribution in [2.24, 2.45) is 0 Å². The van der Waals surface area contributed by atoms with E-state index in [-0.39, 0.29) is 5.91 Å². The summed E-state index contributed by atoms with van der Waals surface area (Å²) in [7, 11) is 0. The molecule has 4 rings (SSSR count). The van der Waals surface area contributed by atoms with E-state index in [4.69, 9.17) is 0 Å². The summed E-state index contributed by atoms with van der Waals surface area (Å²) in [6.07, 6.45) is 2.35. The number of para-hydroxylation sites is 1. The van der Waals surface area contributed by atoms with Crippen molar-refractivity contribution in [3.8, 4) is 0 Å². The molecule has 132 valence electrons. The van der Waals surface area contributed by atoms with Gasteiger partial charge in [0.1, 0.15) is 5.82 Å². The average molecular weight is 364 g/mol. The number of nitrogens with one attached hydrogen (secondary N) is 1. The van der Waals surface area contributed by atoms with Gasteiger partial charge < -0.3 is 9.88 Å². The number of amides is 1. The highest BCUT2D eigenvalue weighted by Crippen LogP contribution is 2.40. The van der Waals surface area contributed by atoms with E-state index in [1.807, 2.05) is 48.5 Å². The largest absolute Gasteiger partial charge is 0.325 e. The van der Waals surface area contributed by atoms with E-state index >= 15 is 0 Å². The Balaban J connectivity index is 1.45. The van der Waals surface area contributed by atoms with Crippen LogP contribution in [0, 0.1) is 0 Å². The Morgan fingerprint density at radius 3 is 2.42 bits per heavy atom. The average Bonchev–Trinajstić information content (AvgIpc) is 3.44. The monoisotopic (exact) mass is 364 g/mol. The smallest absolute Gasteiger partial charge is 0.234 e. The summed E-state index contributed by atoms with van der Waals surface area (Å²) in [5.74, 6) is 1.83. The summed E-state index contributed by atoms with van der Waals surface area (Å²) in [6.45, 7) is 0.738. The van der Waals surface area contributed by atoms with Crippen molar-refractivity contribution in [2.75, 3.05) is 11.1 Å². The van der Waals surface area contributed by atoms with Crippen molar-refractivity contribution in [1.29, 1.82) is 0 Å². The van der Waals surface area contributed by atoms with Crippen LogP contribution in [-0.4, -0.2) is 26.4 Å². The molecule has 1 aliphatic carbocycles. The molecule has 2 aromatic carbocycles. The van der Waals surface area contributed by atoms with Crippen molar-refractivity contribution in [3.05, 3.63) is 72.1 Å². The number of hydrogen-bond acceptors (Lipinski definition) is 4. The van der Waals surface area contributed by atoms with Crippen LogP contribution in [0.2, 0.25) is 0 Å². The quantitative estimate of drug-likeness (QED) is 0.645. The topological polar surface area (TPSA) is 59.8 Å². The lowest BCUT2D eigenvalue weighted by atomic mass is 10.2. The van der Waals surface area contributed by atoms with Gasteiger partial charge in [-0.3, -0.25) is 4.79 Å². The zero-order chi connectivity index (χ0) is 17.8. The Bertz CT molecular complexity index is 875. The molecule has 1 fully saturated rings. The van der Waals surface area contributed by atoms with Crippen molar-refractivity contribution in [3.63, 3.8) is 0 Å². The number of carbonyl (C=O) groups excluding carboxylic acids is 1. The van der Waals surface area contributed by atoms with E-state index in [2.05, 4.69) is 32.2 Å². The molecule has 26 heavy (non-hydrogen) atoms. The van der Waals surface area contributed by atoms with Crippen molar-refractivity contribution < 1.29 is 4.79 Å². The van der Waals surface area contributed by atoms with Gasteiger partial charge in [-0.25, -0.2) is 0 Å². The normalized spacial score (nSPS) is 13.5. The molecule has 1 saturated carbocycles. The van der Waals surface area contributed by atoms with E-state index < -0.39 is 0 Å². The van der Waals surface area contributed by atoms with Gasteiger partial charge in [-0.05, 0) is 30.5 Å². The van der Waals surface area contributed by atoms with Gasteiger partial charge in [-0.2, -0.15) is 0 Å². The van der Waals surface area contributed by atoms with E-state index in [0.29, 0.717) is 11.7 Å². The molecular weight excluding hydrogens is 344 g/mol. The van der Waals surface area contributed by atoms with E-state index in [0.717, 1.165) is 23.2 Å². The van der Waals surface area contributed by atoms with Crippen molar-refractivity contribution >= 4 is 23.4 Å². The summed E-state index contributed by atoms with van der Waals surface area (Å²) >= 11 is 1.44. The van der Waals surface area contributed by atoms with Crippen LogP contribution >= 0.6 is 11.8 Å². The van der Waals surface area contributed by atoms with Crippen LogP contribution in [-0.2, 0) is 11.3 Å². The van der Waals surface area contributed by atoms with Crippen molar-refractivity contribution in [1.82, 2.24) is 14.8 Å². The van der Waals surface area contributed by atoms with Gasteiger partial charge in [0.2, 0.25) is 5.91 Å². The number of aromatic nitrogens is 3. The molecule has 1 amide bonds. The number of rotatable bonds is 7. The minimum Gasteiger partial charge on any atom is -0.325 e. The second-order valence-electron chi connectivity index (χ2n) is 6.39. The Kier molecular flexibility index (Phi) is 5.02. The molecule has 1 aromatic heterocycles. The third kappa shape index (κ3) is 4.14. The summed E-state index contributed by atoms with van der Waals surface area (Å²) in [5.41, 5.74) is 2.02. The van der Waals surface area contributed by atoms with Gasteiger partial charge in [0, 0.05) is 11.6 Å². The van der Waals surface area contributed by atoms with E-state index in [9.17, 15) is 4.79 Å². The molecule has 0 bridgehead atoms. The fourth-order valence-electron chi connectivity index (χ4n) is 2.81. The molecule has 3 aromatic rings. The third-order valence-electron chi connectivity index (χ3n) is 4.26. The molecule has 0 atom stereocenters. The van der Waals surface area contributed by atoms with Gasteiger partial charge >= 0.3 is 0 Å². The minimum atomic E-state index is -0.0385. The lowest BCUT2D eigenvalue weighted by molar-refractivity contribution is -0.113. The maximum Gasteiger partial charge on any atom is 0.234 e. The highest BCUT2D eigenvalue weighted by Gasteiger charge is 2.30. The molecule has 0 unspecified atom stereocenters. The molecule has 6 heteroatoms. The number of anilines is 1. The second kappa shape index (κ2) is 7.74. The van der Waals surface area contributed by atoms with Gasteiger partial charge in [0.15, 0.2) is 5.16 Å². The molecule has 1 aliphatic rings. The van der Waals surface area contributed by atoms with Crippen LogP contribution in [0.5, 0.6) is 0 Å². The highest BCUT2D eigenvalue weighted by molar-refractivity contribution is 7.99. The van der Waals surface area contributed by atoms with Crippen LogP contribution in [0.15, 0.2) is 65.8 Å². The van der Waals surface area contributed by atoms with Gasteiger partial charge in [0.25, 0.3) is 0 Å². The summed E-state index contributed by atoms with van der Waals surface area (Å²) < 4.78 is 2.16. The fourth-order valence-corrected chi connectivity index (χ4v) is 3.56. The standard InChI is InChI=1S/C20H20N4OS/c25-18(21-17-9-5-2-6-10-17)14-26-20-23-22-19(16-11-12-16)24(20)13-15-7-3-1-4-8-15/h1-10,16H,11-14H2,(H,21,25). The van der Waals surface area contributed by atoms with Crippen LogP contribution in [0.4, 0.5) is 5.69 Å². The van der Waals surface area contributed by atoms with Crippen LogP contribution in [0.1, 0.15) is 30.1 Å². The number of carbonyl (C=O) groups is 1. The predicted octanol–water partition coefficient (Wildman–Crippen LogP) is 3.93. The first-order chi connectivity index (χ1) is 12.8. The first-order valence-electron chi connectivity index (χ1n) is 8.74. The number of hydrogen-bond donors (Lipinski definition) is 1. The summed E-state index contributed by atoms with van der Waals surface area (Å²) in [6, 6.07) is 19.8. The minimum absolute atomic E-state index is 0.0385. The Morgan fingerprint density at radius 1 is 1.04 bits per heavy atom. The zero-order valence-electron chi connectivity index (χ0n) is 14.3. The Labute approximate surface area is 156 Å². The predicted molar refractivity (Wildman–Crippen MR) is 103 cm³/mol. The molecule has 5 nitrogen and oxygen atoms in total. The number of benzene rings is 2. The molecule has 0 aliphatic heterocycles. The third-order valence-corrected chi connectivity index (χ3v) is 5.23. The maximum absolute atomic E-state index is 12.2. The lowest BCUT2D eigenvalue weighted by Gasteiger charge is -2.10. The number of thioether (sulfide) groups is 1. The molecular formula is C20H20N4OS. The zero-order valence-corrected chi connectivity index (χ0v) is 15.2. The molecule has 0 radical (unpaired) electrons. The molecule has 1 heterocycles. The Morgan fingerprint density at radius 2 is 1.73 bits per heavy atom. The number of nitrogens with zero attached hydrogens (tertiary/aromatic N) is 3. The fraction of sp³-hybridized carbons (Fsp3) is 0.250.